The van der Waals surface area contributed by atoms with Gasteiger partial charge in [-0.1, -0.05) is 51.2 Å². The molecule has 0 bridgehead atoms. The van der Waals surface area contributed by atoms with Crippen LogP contribution in [-0.2, 0) is 4.79 Å². The SMILES string of the molecule is C=C(CCCCCC)C1CCCCCC1=O. The highest BCUT2D eigenvalue weighted by molar-refractivity contribution is 5.83. The van der Waals surface area contributed by atoms with Crippen LogP contribution in [0, 0.1) is 5.92 Å². The van der Waals surface area contributed by atoms with Gasteiger partial charge in [0.2, 0.25) is 0 Å². The molecule has 1 aliphatic carbocycles. The predicted octanol–water partition coefficient (Wildman–Crippen LogP) is 4.66. The van der Waals surface area contributed by atoms with Gasteiger partial charge in [0.15, 0.2) is 0 Å². The van der Waals surface area contributed by atoms with Crippen molar-refractivity contribution in [3.8, 4) is 0 Å². The molecular formula is C15H26O. The highest BCUT2D eigenvalue weighted by Gasteiger charge is 2.22. The van der Waals surface area contributed by atoms with Gasteiger partial charge in [-0.15, -0.1) is 0 Å². The summed E-state index contributed by atoms with van der Waals surface area (Å²) < 4.78 is 0. The van der Waals surface area contributed by atoms with E-state index in [2.05, 4.69) is 13.5 Å². The minimum atomic E-state index is 0.198. The summed E-state index contributed by atoms with van der Waals surface area (Å²) in [6.07, 6.45) is 11.5. The summed E-state index contributed by atoms with van der Waals surface area (Å²) in [4.78, 5) is 11.9. The Morgan fingerprint density at radius 1 is 1.25 bits per heavy atom. The number of ketones is 1. The van der Waals surface area contributed by atoms with Crippen LogP contribution < -0.4 is 0 Å². The highest BCUT2D eigenvalue weighted by Crippen LogP contribution is 2.28. The van der Waals surface area contributed by atoms with Gasteiger partial charge in [0.25, 0.3) is 0 Å². The molecule has 16 heavy (non-hydrogen) atoms. The lowest BCUT2D eigenvalue weighted by Gasteiger charge is -2.16. The minimum Gasteiger partial charge on any atom is -0.299 e. The number of carbonyl (C=O) groups excluding carboxylic acids is 1. The third kappa shape index (κ3) is 4.51. The molecule has 1 nitrogen and oxygen atoms in total. The van der Waals surface area contributed by atoms with E-state index in [4.69, 9.17) is 0 Å². The fraction of sp³-hybridized carbons (Fsp3) is 0.800. The van der Waals surface area contributed by atoms with Gasteiger partial charge in [0.1, 0.15) is 5.78 Å². The van der Waals surface area contributed by atoms with Crippen LogP contribution in [0.3, 0.4) is 0 Å². The van der Waals surface area contributed by atoms with Crippen LogP contribution in [0.5, 0.6) is 0 Å². The van der Waals surface area contributed by atoms with Crippen molar-refractivity contribution < 1.29 is 4.79 Å². The van der Waals surface area contributed by atoms with Gasteiger partial charge in [0.05, 0.1) is 0 Å². The first-order valence-electron chi connectivity index (χ1n) is 6.96. The molecule has 0 amide bonds. The van der Waals surface area contributed by atoms with Gasteiger partial charge in [-0.05, 0) is 25.7 Å². The topological polar surface area (TPSA) is 17.1 Å². The van der Waals surface area contributed by atoms with Crippen molar-refractivity contribution in [3.05, 3.63) is 12.2 Å². The van der Waals surface area contributed by atoms with Crippen LogP contribution in [-0.4, -0.2) is 5.78 Å². The van der Waals surface area contributed by atoms with Crippen LogP contribution in [0.4, 0.5) is 0 Å². The predicted molar refractivity (Wildman–Crippen MR) is 69.5 cm³/mol. The molecule has 1 unspecified atom stereocenters. The number of hydrogen-bond acceptors (Lipinski definition) is 1. The number of unbranched alkanes of at least 4 members (excludes halogenated alkanes) is 3. The summed E-state index contributed by atoms with van der Waals surface area (Å²) >= 11 is 0. The van der Waals surface area contributed by atoms with Crippen molar-refractivity contribution in [2.75, 3.05) is 0 Å². The van der Waals surface area contributed by atoms with Gasteiger partial charge < -0.3 is 0 Å². The minimum absolute atomic E-state index is 0.198. The van der Waals surface area contributed by atoms with Crippen molar-refractivity contribution in [1.29, 1.82) is 0 Å². The summed E-state index contributed by atoms with van der Waals surface area (Å²) in [5.41, 5.74) is 1.21. The molecule has 1 atom stereocenters. The Bertz CT molecular complexity index is 230. The normalized spacial score (nSPS) is 21.8. The molecule has 92 valence electrons. The zero-order valence-electron chi connectivity index (χ0n) is 10.8. The second kappa shape index (κ2) is 7.65. The molecule has 1 heteroatoms. The Kier molecular flexibility index (Phi) is 6.44. The van der Waals surface area contributed by atoms with Crippen molar-refractivity contribution in [3.63, 3.8) is 0 Å². The molecule has 0 spiro atoms. The number of rotatable bonds is 6. The van der Waals surface area contributed by atoms with E-state index in [0.29, 0.717) is 5.78 Å². The van der Waals surface area contributed by atoms with Crippen molar-refractivity contribution in [2.24, 2.45) is 5.92 Å². The molecule has 1 saturated carbocycles. The number of carbonyl (C=O) groups is 1. The maximum atomic E-state index is 11.9. The molecule has 1 aliphatic rings. The molecule has 0 aromatic rings. The van der Waals surface area contributed by atoms with Crippen LogP contribution in [0.1, 0.15) is 71.1 Å². The molecule has 0 radical (unpaired) electrons. The summed E-state index contributed by atoms with van der Waals surface area (Å²) in [7, 11) is 0. The number of hydrogen-bond donors (Lipinski definition) is 0. The van der Waals surface area contributed by atoms with E-state index in [1.54, 1.807) is 0 Å². The van der Waals surface area contributed by atoms with E-state index in [-0.39, 0.29) is 5.92 Å². The highest BCUT2D eigenvalue weighted by atomic mass is 16.1. The summed E-state index contributed by atoms with van der Waals surface area (Å²) in [6.45, 7) is 6.37. The molecule has 0 heterocycles. The van der Waals surface area contributed by atoms with Crippen LogP contribution in [0.25, 0.3) is 0 Å². The first kappa shape index (κ1) is 13.5. The Balaban J connectivity index is 2.30. The molecule has 0 aromatic carbocycles. The first-order valence-corrected chi connectivity index (χ1v) is 6.96. The molecule has 1 fully saturated rings. The average molecular weight is 222 g/mol. The quantitative estimate of drug-likeness (QED) is 0.363. The third-order valence-electron chi connectivity index (χ3n) is 3.65. The van der Waals surface area contributed by atoms with Gasteiger partial charge in [-0.2, -0.15) is 0 Å². The van der Waals surface area contributed by atoms with Crippen molar-refractivity contribution in [2.45, 2.75) is 71.1 Å². The van der Waals surface area contributed by atoms with Crippen LogP contribution in [0.2, 0.25) is 0 Å². The maximum Gasteiger partial charge on any atom is 0.139 e. The van der Waals surface area contributed by atoms with Crippen molar-refractivity contribution in [1.82, 2.24) is 0 Å². The van der Waals surface area contributed by atoms with Gasteiger partial charge in [0, 0.05) is 12.3 Å². The Labute approximate surface area is 100 Å². The fourth-order valence-electron chi connectivity index (χ4n) is 2.54. The molecule has 0 N–H and O–H groups in total. The zero-order chi connectivity index (χ0) is 11.8. The van der Waals surface area contributed by atoms with Crippen LogP contribution in [0.15, 0.2) is 12.2 Å². The molecule has 0 saturated heterocycles. The largest absolute Gasteiger partial charge is 0.299 e. The third-order valence-corrected chi connectivity index (χ3v) is 3.65. The first-order chi connectivity index (χ1) is 7.75. The number of Topliss-reactive ketones (excluding diaryl/α,β-unsaturated/α-hetero) is 1. The fourth-order valence-corrected chi connectivity index (χ4v) is 2.54. The van der Waals surface area contributed by atoms with E-state index in [9.17, 15) is 4.79 Å². The van der Waals surface area contributed by atoms with Gasteiger partial charge >= 0.3 is 0 Å². The molecule has 1 rings (SSSR count). The molecular weight excluding hydrogens is 196 g/mol. The standard InChI is InChI=1S/C15H26O/c1-3-4-5-7-10-13(2)14-11-8-6-9-12-15(14)16/h14H,2-12H2,1H3. The summed E-state index contributed by atoms with van der Waals surface area (Å²) in [6, 6.07) is 0. The lowest BCUT2D eigenvalue weighted by Crippen LogP contribution is -2.14. The summed E-state index contributed by atoms with van der Waals surface area (Å²) in [5.74, 6) is 0.655. The van der Waals surface area contributed by atoms with E-state index >= 15 is 0 Å². The Hall–Kier alpha value is -0.590. The lowest BCUT2D eigenvalue weighted by molar-refractivity contribution is -0.121. The van der Waals surface area contributed by atoms with E-state index < -0.39 is 0 Å². The Morgan fingerprint density at radius 3 is 2.81 bits per heavy atom. The van der Waals surface area contributed by atoms with E-state index in [1.807, 2.05) is 0 Å². The molecule has 0 aliphatic heterocycles. The van der Waals surface area contributed by atoms with E-state index in [0.717, 1.165) is 25.7 Å². The number of allylic oxidation sites excluding steroid dienone is 1. The van der Waals surface area contributed by atoms with Gasteiger partial charge in [-0.25, -0.2) is 0 Å². The average Bonchev–Trinajstić information content (AvgIpc) is 2.49. The second-order valence-corrected chi connectivity index (χ2v) is 5.09. The monoisotopic (exact) mass is 222 g/mol. The Morgan fingerprint density at radius 2 is 2.06 bits per heavy atom. The zero-order valence-corrected chi connectivity index (χ0v) is 10.8. The van der Waals surface area contributed by atoms with Crippen LogP contribution >= 0.6 is 0 Å². The lowest BCUT2D eigenvalue weighted by atomic mass is 9.88. The maximum absolute atomic E-state index is 11.9. The molecule has 0 aromatic heterocycles. The second-order valence-electron chi connectivity index (χ2n) is 5.09. The summed E-state index contributed by atoms with van der Waals surface area (Å²) in [5, 5.41) is 0. The van der Waals surface area contributed by atoms with Gasteiger partial charge in [-0.3, -0.25) is 4.79 Å². The smallest absolute Gasteiger partial charge is 0.139 e. The van der Waals surface area contributed by atoms with E-state index in [1.165, 1.54) is 44.1 Å². The van der Waals surface area contributed by atoms with Crippen molar-refractivity contribution >= 4 is 5.78 Å².